The van der Waals surface area contributed by atoms with Crippen LogP contribution in [0.2, 0.25) is 0 Å². The molecule has 1 saturated carbocycles. The van der Waals surface area contributed by atoms with E-state index in [2.05, 4.69) is 55.5 Å². The van der Waals surface area contributed by atoms with E-state index < -0.39 is 0 Å². The van der Waals surface area contributed by atoms with E-state index in [-0.39, 0.29) is 0 Å². The molecule has 0 unspecified atom stereocenters. The second-order valence-corrected chi connectivity index (χ2v) is 5.54. The molecule has 0 radical (unpaired) electrons. The Kier molecular flexibility index (Phi) is 4.19. The van der Waals surface area contributed by atoms with Gasteiger partial charge in [-0.25, -0.2) is 0 Å². The lowest BCUT2D eigenvalue weighted by Crippen LogP contribution is -2.42. The second kappa shape index (κ2) is 5.65. The molecule has 0 spiro atoms. The van der Waals surface area contributed by atoms with E-state index in [1.54, 1.807) is 0 Å². The van der Waals surface area contributed by atoms with Crippen molar-refractivity contribution in [1.29, 1.82) is 0 Å². The molecule has 0 amide bonds. The molecule has 1 aliphatic carbocycles. The maximum absolute atomic E-state index is 3.62. The molecular formula is C15H24N2. The Hall–Kier alpha value is -0.860. The number of hydrogen-bond donors (Lipinski definition) is 1. The lowest BCUT2D eigenvalue weighted by molar-refractivity contribution is 0.278. The average molecular weight is 232 g/mol. The predicted octanol–water partition coefficient (Wildman–Crippen LogP) is 2.39. The van der Waals surface area contributed by atoms with Gasteiger partial charge >= 0.3 is 0 Å². The molecule has 94 valence electrons. The molecular weight excluding hydrogens is 208 g/mol. The highest BCUT2D eigenvalue weighted by Crippen LogP contribution is 2.36. The van der Waals surface area contributed by atoms with Crippen molar-refractivity contribution < 1.29 is 0 Å². The third-order valence-corrected chi connectivity index (χ3v) is 3.64. The molecule has 0 atom stereocenters. The third kappa shape index (κ3) is 3.55. The summed E-state index contributed by atoms with van der Waals surface area (Å²) in [7, 11) is 4.25. The van der Waals surface area contributed by atoms with Gasteiger partial charge in [0.25, 0.3) is 0 Å². The molecule has 1 aromatic rings. The minimum atomic E-state index is 0.737. The first-order valence-electron chi connectivity index (χ1n) is 6.60. The summed E-state index contributed by atoms with van der Waals surface area (Å²) < 4.78 is 0. The van der Waals surface area contributed by atoms with E-state index >= 15 is 0 Å². The molecule has 1 fully saturated rings. The van der Waals surface area contributed by atoms with Crippen molar-refractivity contribution in [2.75, 3.05) is 27.2 Å². The minimum Gasteiger partial charge on any atom is -0.313 e. The molecule has 2 nitrogen and oxygen atoms in total. The van der Waals surface area contributed by atoms with Gasteiger partial charge in [0.15, 0.2) is 0 Å². The number of nitrogens with one attached hydrogen (secondary N) is 1. The zero-order valence-corrected chi connectivity index (χ0v) is 11.2. The summed E-state index contributed by atoms with van der Waals surface area (Å²) in [6.45, 7) is 4.42. The van der Waals surface area contributed by atoms with E-state index in [4.69, 9.17) is 0 Å². The zero-order chi connectivity index (χ0) is 12.3. The Bertz CT molecular complexity index is 354. The molecule has 2 rings (SSSR count). The van der Waals surface area contributed by atoms with Crippen molar-refractivity contribution in [3.05, 3.63) is 35.4 Å². The molecule has 1 N–H and O–H groups in total. The quantitative estimate of drug-likeness (QED) is 0.838. The molecule has 2 heteroatoms. The molecule has 1 aromatic carbocycles. The van der Waals surface area contributed by atoms with Crippen LogP contribution in [0, 0.1) is 6.92 Å². The highest BCUT2D eigenvalue weighted by atomic mass is 15.1. The van der Waals surface area contributed by atoms with Gasteiger partial charge in [-0.15, -0.1) is 0 Å². The molecule has 0 heterocycles. The van der Waals surface area contributed by atoms with Crippen LogP contribution in [-0.2, 0) is 0 Å². The molecule has 0 bridgehead atoms. The Morgan fingerprint density at radius 2 is 2.06 bits per heavy atom. The molecule has 0 aromatic heterocycles. The Labute approximate surface area is 105 Å². The number of hydrogen-bond acceptors (Lipinski definition) is 2. The fourth-order valence-corrected chi connectivity index (χ4v) is 2.47. The third-order valence-electron chi connectivity index (χ3n) is 3.64. The molecule has 1 aliphatic rings. The second-order valence-electron chi connectivity index (χ2n) is 5.54. The van der Waals surface area contributed by atoms with Crippen LogP contribution >= 0.6 is 0 Å². The Morgan fingerprint density at radius 1 is 1.29 bits per heavy atom. The van der Waals surface area contributed by atoms with E-state index in [0.29, 0.717) is 0 Å². The first kappa shape index (κ1) is 12.6. The number of nitrogens with zero attached hydrogens (tertiary/aromatic N) is 1. The smallest absolute Gasteiger partial charge is 0.0101 e. The van der Waals surface area contributed by atoms with Crippen LogP contribution in [-0.4, -0.2) is 38.1 Å². The zero-order valence-electron chi connectivity index (χ0n) is 11.2. The van der Waals surface area contributed by atoms with Crippen LogP contribution in [0.5, 0.6) is 0 Å². The monoisotopic (exact) mass is 232 g/mol. The maximum Gasteiger partial charge on any atom is 0.0101 e. The highest BCUT2D eigenvalue weighted by Gasteiger charge is 2.29. The Morgan fingerprint density at radius 3 is 2.71 bits per heavy atom. The van der Waals surface area contributed by atoms with Crippen LogP contribution in [0.1, 0.15) is 29.9 Å². The van der Waals surface area contributed by atoms with Gasteiger partial charge in [0.2, 0.25) is 0 Å². The fourth-order valence-electron chi connectivity index (χ4n) is 2.47. The largest absolute Gasteiger partial charge is 0.313 e. The van der Waals surface area contributed by atoms with Gasteiger partial charge in [-0.05, 0) is 45.3 Å². The van der Waals surface area contributed by atoms with Crippen molar-refractivity contribution in [2.45, 2.75) is 31.7 Å². The van der Waals surface area contributed by atoms with Gasteiger partial charge in [-0.2, -0.15) is 0 Å². The Balaban J connectivity index is 1.72. The summed E-state index contributed by atoms with van der Waals surface area (Å²) >= 11 is 0. The van der Waals surface area contributed by atoms with Gasteiger partial charge < -0.3 is 10.2 Å². The summed E-state index contributed by atoms with van der Waals surface area (Å²) in [4.78, 5) is 2.23. The lowest BCUT2D eigenvalue weighted by Gasteiger charge is -2.36. The normalized spacial score (nSPS) is 23.8. The average Bonchev–Trinajstić information content (AvgIpc) is 2.21. The summed E-state index contributed by atoms with van der Waals surface area (Å²) in [5.41, 5.74) is 2.90. The first-order chi connectivity index (χ1) is 8.15. The van der Waals surface area contributed by atoms with Gasteiger partial charge in [0.1, 0.15) is 0 Å². The van der Waals surface area contributed by atoms with E-state index in [9.17, 15) is 0 Å². The number of likely N-dealkylation sites (N-methyl/N-ethyl adjacent to an activating group) is 1. The lowest BCUT2D eigenvalue weighted by atomic mass is 9.75. The first-order valence-corrected chi connectivity index (χ1v) is 6.60. The number of aryl methyl sites for hydroxylation is 1. The van der Waals surface area contributed by atoms with E-state index in [1.807, 2.05) is 0 Å². The van der Waals surface area contributed by atoms with Crippen molar-refractivity contribution >= 4 is 0 Å². The van der Waals surface area contributed by atoms with Crippen LogP contribution < -0.4 is 5.32 Å². The van der Waals surface area contributed by atoms with Crippen molar-refractivity contribution in [3.63, 3.8) is 0 Å². The van der Waals surface area contributed by atoms with Crippen LogP contribution in [0.3, 0.4) is 0 Å². The fraction of sp³-hybridized carbons (Fsp3) is 0.600. The number of rotatable bonds is 5. The summed E-state index contributed by atoms with van der Waals surface area (Å²) in [5, 5.41) is 3.62. The van der Waals surface area contributed by atoms with Crippen LogP contribution in [0.15, 0.2) is 24.3 Å². The van der Waals surface area contributed by atoms with Gasteiger partial charge in [0.05, 0.1) is 0 Å². The van der Waals surface area contributed by atoms with Gasteiger partial charge in [-0.1, -0.05) is 29.8 Å². The topological polar surface area (TPSA) is 15.3 Å². The molecule has 0 aliphatic heterocycles. The summed E-state index contributed by atoms with van der Waals surface area (Å²) in [6.07, 6.45) is 2.60. The van der Waals surface area contributed by atoms with Crippen molar-refractivity contribution in [2.24, 2.45) is 0 Å². The SMILES string of the molecule is Cc1cccc(C2CC(NCCN(C)C)C2)c1. The van der Waals surface area contributed by atoms with Crippen LogP contribution in [0.4, 0.5) is 0 Å². The summed E-state index contributed by atoms with van der Waals surface area (Å²) in [5.74, 6) is 0.784. The van der Waals surface area contributed by atoms with E-state index in [0.717, 1.165) is 25.0 Å². The molecule has 0 saturated heterocycles. The standard InChI is InChI=1S/C15H24N2/c1-12-5-4-6-13(9-12)14-10-15(11-14)16-7-8-17(2)3/h4-6,9,14-16H,7-8,10-11H2,1-3H3. The molecule has 17 heavy (non-hydrogen) atoms. The van der Waals surface area contributed by atoms with E-state index in [1.165, 1.54) is 24.0 Å². The van der Waals surface area contributed by atoms with Crippen molar-refractivity contribution in [1.82, 2.24) is 10.2 Å². The predicted molar refractivity (Wildman–Crippen MR) is 73.5 cm³/mol. The van der Waals surface area contributed by atoms with Crippen molar-refractivity contribution in [3.8, 4) is 0 Å². The maximum atomic E-state index is 3.62. The van der Waals surface area contributed by atoms with Gasteiger partial charge in [0, 0.05) is 19.1 Å². The minimum absolute atomic E-state index is 0.737. The van der Waals surface area contributed by atoms with Gasteiger partial charge in [-0.3, -0.25) is 0 Å². The van der Waals surface area contributed by atoms with Crippen LogP contribution in [0.25, 0.3) is 0 Å². The number of benzene rings is 1. The highest BCUT2D eigenvalue weighted by molar-refractivity contribution is 5.27. The summed E-state index contributed by atoms with van der Waals surface area (Å²) in [6, 6.07) is 9.70.